The van der Waals surface area contributed by atoms with Crippen LogP contribution in [-0.4, -0.2) is 29.9 Å². The van der Waals surface area contributed by atoms with Crippen LogP contribution < -0.4 is 5.73 Å². The van der Waals surface area contributed by atoms with Gasteiger partial charge in [-0.1, -0.05) is 44.2 Å². The lowest BCUT2D eigenvalue weighted by Crippen LogP contribution is -2.54. The highest BCUT2D eigenvalue weighted by Gasteiger charge is 2.35. The van der Waals surface area contributed by atoms with Crippen LogP contribution >= 0.6 is 0 Å². The van der Waals surface area contributed by atoms with Crippen LogP contribution in [0.3, 0.4) is 0 Å². The van der Waals surface area contributed by atoms with Crippen LogP contribution in [-0.2, 0) is 11.2 Å². The molecule has 0 bridgehead atoms. The van der Waals surface area contributed by atoms with Crippen molar-refractivity contribution in [2.24, 2.45) is 11.1 Å². The van der Waals surface area contributed by atoms with Crippen molar-refractivity contribution in [2.45, 2.75) is 32.7 Å². The Morgan fingerprint density at radius 3 is 2.67 bits per heavy atom. The van der Waals surface area contributed by atoms with Gasteiger partial charge in [-0.2, -0.15) is 0 Å². The molecule has 0 radical (unpaired) electrons. The maximum atomic E-state index is 12.2. The van der Waals surface area contributed by atoms with E-state index in [0.29, 0.717) is 6.42 Å². The van der Waals surface area contributed by atoms with Crippen LogP contribution in [0.25, 0.3) is 0 Å². The Bertz CT molecular complexity index is 414. The van der Waals surface area contributed by atoms with E-state index in [0.717, 1.165) is 25.1 Å². The van der Waals surface area contributed by atoms with Gasteiger partial charge < -0.3 is 10.6 Å². The van der Waals surface area contributed by atoms with Crippen LogP contribution in [0.2, 0.25) is 0 Å². The molecule has 1 heterocycles. The van der Waals surface area contributed by atoms with E-state index >= 15 is 0 Å². The zero-order valence-electron chi connectivity index (χ0n) is 11.2. The number of benzene rings is 1. The molecule has 1 fully saturated rings. The summed E-state index contributed by atoms with van der Waals surface area (Å²) in [6.07, 6.45) is 1.39. The van der Waals surface area contributed by atoms with Crippen molar-refractivity contribution in [3.63, 3.8) is 0 Å². The summed E-state index contributed by atoms with van der Waals surface area (Å²) in [5.41, 5.74) is 7.19. The molecule has 1 aliphatic heterocycles. The number of carbonyl (C=O) groups is 1. The maximum Gasteiger partial charge on any atom is 0.227 e. The first-order valence-electron chi connectivity index (χ1n) is 6.56. The first kappa shape index (κ1) is 13.1. The van der Waals surface area contributed by atoms with Gasteiger partial charge in [0.2, 0.25) is 5.91 Å². The fraction of sp³-hybridized carbons (Fsp3) is 0.533. The number of hydrogen-bond donors (Lipinski definition) is 1. The Balaban J connectivity index is 1.98. The predicted molar refractivity (Wildman–Crippen MR) is 73.1 cm³/mol. The maximum absolute atomic E-state index is 12.2. The van der Waals surface area contributed by atoms with E-state index < -0.39 is 0 Å². The predicted octanol–water partition coefficient (Wildman–Crippen LogP) is 1.81. The lowest BCUT2D eigenvalue weighted by Gasteiger charge is -2.42. The summed E-state index contributed by atoms with van der Waals surface area (Å²) >= 11 is 0. The number of carbonyl (C=O) groups excluding carboxylic acids is 1. The highest BCUT2D eigenvalue weighted by Crippen LogP contribution is 2.27. The van der Waals surface area contributed by atoms with Gasteiger partial charge in [0.1, 0.15) is 0 Å². The van der Waals surface area contributed by atoms with Gasteiger partial charge in [0.05, 0.1) is 6.42 Å². The van der Waals surface area contributed by atoms with Crippen molar-refractivity contribution in [3.05, 3.63) is 35.9 Å². The molecule has 1 saturated heterocycles. The number of nitrogens with two attached hydrogens (primary N) is 1. The molecule has 98 valence electrons. The summed E-state index contributed by atoms with van der Waals surface area (Å²) in [4.78, 5) is 14.2. The zero-order valence-corrected chi connectivity index (χ0v) is 11.2. The average molecular weight is 246 g/mol. The van der Waals surface area contributed by atoms with Gasteiger partial charge >= 0.3 is 0 Å². The van der Waals surface area contributed by atoms with E-state index in [2.05, 4.69) is 13.8 Å². The van der Waals surface area contributed by atoms with E-state index in [1.165, 1.54) is 0 Å². The molecule has 3 heteroatoms. The SMILES string of the molecule is CC1(C)CN(C(=O)Cc2ccccc2)CCC1N. The van der Waals surface area contributed by atoms with Gasteiger partial charge in [-0.3, -0.25) is 4.79 Å². The van der Waals surface area contributed by atoms with Crippen molar-refractivity contribution in [1.29, 1.82) is 0 Å². The van der Waals surface area contributed by atoms with E-state index in [9.17, 15) is 4.79 Å². The summed E-state index contributed by atoms with van der Waals surface area (Å²) in [7, 11) is 0. The molecule has 2 N–H and O–H groups in total. The second-order valence-electron chi connectivity index (χ2n) is 5.86. The molecule has 0 aliphatic carbocycles. The lowest BCUT2D eigenvalue weighted by atomic mass is 9.79. The number of hydrogen-bond acceptors (Lipinski definition) is 2. The van der Waals surface area contributed by atoms with Crippen molar-refractivity contribution < 1.29 is 4.79 Å². The largest absolute Gasteiger partial charge is 0.342 e. The Hall–Kier alpha value is -1.35. The molecule has 2 rings (SSSR count). The first-order valence-corrected chi connectivity index (χ1v) is 6.56. The summed E-state index contributed by atoms with van der Waals surface area (Å²) < 4.78 is 0. The highest BCUT2D eigenvalue weighted by molar-refractivity contribution is 5.79. The van der Waals surface area contributed by atoms with Crippen molar-refractivity contribution >= 4 is 5.91 Å². The number of likely N-dealkylation sites (tertiary alicyclic amines) is 1. The lowest BCUT2D eigenvalue weighted by molar-refractivity contribution is -0.133. The zero-order chi connectivity index (χ0) is 13.2. The van der Waals surface area contributed by atoms with Crippen LogP contribution in [0.1, 0.15) is 25.8 Å². The average Bonchev–Trinajstić information content (AvgIpc) is 2.34. The molecular weight excluding hydrogens is 224 g/mol. The smallest absolute Gasteiger partial charge is 0.227 e. The fourth-order valence-electron chi connectivity index (χ4n) is 2.47. The number of amides is 1. The Morgan fingerprint density at radius 2 is 2.06 bits per heavy atom. The van der Waals surface area contributed by atoms with E-state index in [4.69, 9.17) is 5.73 Å². The molecule has 18 heavy (non-hydrogen) atoms. The third-order valence-corrected chi connectivity index (χ3v) is 3.86. The number of piperidine rings is 1. The molecule has 1 atom stereocenters. The molecule has 1 unspecified atom stereocenters. The Labute approximate surface area is 109 Å². The monoisotopic (exact) mass is 246 g/mol. The third kappa shape index (κ3) is 2.91. The summed E-state index contributed by atoms with van der Waals surface area (Å²) in [5.74, 6) is 0.209. The van der Waals surface area contributed by atoms with Gasteiger partial charge in [-0.25, -0.2) is 0 Å². The molecule has 1 aliphatic rings. The van der Waals surface area contributed by atoms with E-state index in [-0.39, 0.29) is 17.4 Å². The summed E-state index contributed by atoms with van der Waals surface area (Å²) in [6.45, 7) is 5.83. The Kier molecular flexibility index (Phi) is 3.71. The fourth-order valence-corrected chi connectivity index (χ4v) is 2.47. The summed E-state index contributed by atoms with van der Waals surface area (Å²) in [5, 5.41) is 0. The van der Waals surface area contributed by atoms with Gasteiger partial charge in [0, 0.05) is 19.1 Å². The topological polar surface area (TPSA) is 46.3 Å². The van der Waals surface area contributed by atoms with Crippen LogP contribution in [0.15, 0.2) is 30.3 Å². The normalized spacial score (nSPS) is 22.8. The van der Waals surface area contributed by atoms with E-state index in [1.807, 2.05) is 35.2 Å². The molecule has 1 aromatic carbocycles. The Morgan fingerprint density at radius 1 is 1.39 bits per heavy atom. The van der Waals surface area contributed by atoms with Gasteiger partial charge in [0.15, 0.2) is 0 Å². The molecule has 0 saturated carbocycles. The molecule has 1 aromatic rings. The molecular formula is C15H22N2O. The number of nitrogens with zero attached hydrogens (tertiary/aromatic N) is 1. The number of rotatable bonds is 2. The highest BCUT2D eigenvalue weighted by atomic mass is 16.2. The molecule has 0 spiro atoms. The van der Waals surface area contributed by atoms with Gasteiger partial charge in [-0.15, -0.1) is 0 Å². The van der Waals surface area contributed by atoms with Gasteiger partial charge in [0.25, 0.3) is 0 Å². The van der Waals surface area contributed by atoms with Crippen LogP contribution in [0, 0.1) is 5.41 Å². The third-order valence-electron chi connectivity index (χ3n) is 3.86. The summed E-state index contributed by atoms with van der Waals surface area (Å²) in [6, 6.07) is 10.1. The molecule has 1 amide bonds. The first-order chi connectivity index (χ1) is 8.49. The minimum absolute atomic E-state index is 0.0185. The van der Waals surface area contributed by atoms with Crippen molar-refractivity contribution in [2.75, 3.05) is 13.1 Å². The van der Waals surface area contributed by atoms with Crippen LogP contribution in [0.4, 0.5) is 0 Å². The van der Waals surface area contributed by atoms with Gasteiger partial charge in [-0.05, 0) is 17.4 Å². The standard InChI is InChI=1S/C15H22N2O/c1-15(2)11-17(9-8-13(15)16)14(18)10-12-6-4-3-5-7-12/h3-7,13H,8-11,16H2,1-2H3. The van der Waals surface area contributed by atoms with Crippen molar-refractivity contribution in [1.82, 2.24) is 4.90 Å². The second kappa shape index (κ2) is 5.11. The van der Waals surface area contributed by atoms with E-state index in [1.54, 1.807) is 0 Å². The quantitative estimate of drug-likeness (QED) is 0.865. The molecule has 3 nitrogen and oxygen atoms in total. The molecule has 0 aromatic heterocycles. The second-order valence-corrected chi connectivity index (χ2v) is 5.86. The van der Waals surface area contributed by atoms with Crippen molar-refractivity contribution in [3.8, 4) is 0 Å². The van der Waals surface area contributed by atoms with Crippen LogP contribution in [0.5, 0.6) is 0 Å². The minimum Gasteiger partial charge on any atom is -0.342 e. The minimum atomic E-state index is 0.0185.